The summed E-state index contributed by atoms with van der Waals surface area (Å²) >= 11 is 0. The van der Waals surface area contributed by atoms with Crippen molar-refractivity contribution in [3.05, 3.63) is 60.2 Å². The van der Waals surface area contributed by atoms with E-state index in [0.717, 1.165) is 0 Å². The van der Waals surface area contributed by atoms with Crippen molar-refractivity contribution in [2.45, 2.75) is 18.2 Å². The molecule has 0 radical (unpaired) electrons. The van der Waals surface area contributed by atoms with Crippen LogP contribution in [-0.2, 0) is 16.5 Å². The van der Waals surface area contributed by atoms with Crippen LogP contribution in [0.2, 0.25) is 0 Å². The maximum Gasteiger partial charge on any atom is 0.294 e. The molecule has 2 N–H and O–H groups in total. The van der Waals surface area contributed by atoms with E-state index in [-0.39, 0.29) is 10.6 Å². The number of phenols is 1. The Morgan fingerprint density at radius 1 is 1.13 bits per heavy atom. The van der Waals surface area contributed by atoms with Gasteiger partial charge in [0, 0.05) is 5.56 Å². The van der Waals surface area contributed by atoms with Gasteiger partial charge in [-0.1, -0.05) is 6.08 Å². The molecule has 0 saturated carbocycles. The van der Waals surface area contributed by atoms with Gasteiger partial charge >= 0.3 is 0 Å². The Kier molecular flexibility index (Phi) is 4.92. The fraction of sp³-hybridized carbons (Fsp3) is 0.125. The highest BCUT2D eigenvalue weighted by Crippen LogP contribution is 2.29. The van der Waals surface area contributed by atoms with Crippen molar-refractivity contribution in [3.63, 3.8) is 0 Å². The summed E-state index contributed by atoms with van der Waals surface area (Å²) < 4.78 is 30.8. The predicted molar refractivity (Wildman–Crippen MR) is 87.2 cm³/mol. The lowest BCUT2D eigenvalue weighted by Crippen LogP contribution is -1.96. The number of hydrogen-bond donors (Lipinski definition) is 2. The summed E-state index contributed by atoms with van der Waals surface area (Å²) in [7, 11) is -4.22. The van der Waals surface area contributed by atoms with Crippen LogP contribution < -0.4 is 0 Å². The molecule has 0 aliphatic carbocycles. The lowest BCUT2D eigenvalue weighted by molar-refractivity contribution is 0.465. The Balaban J connectivity index is 2.28. The molecule has 0 amide bonds. The van der Waals surface area contributed by atoms with Crippen LogP contribution in [0.15, 0.2) is 64.2 Å². The van der Waals surface area contributed by atoms with Crippen molar-refractivity contribution in [1.82, 2.24) is 0 Å². The fourth-order valence-corrected chi connectivity index (χ4v) is 2.48. The zero-order chi connectivity index (χ0) is 17.0. The van der Waals surface area contributed by atoms with Gasteiger partial charge < -0.3 is 5.11 Å². The highest BCUT2D eigenvalue weighted by molar-refractivity contribution is 7.85. The number of azo groups is 1. The maximum atomic E-state index is 11.0. The second kappa shape index (κ2) is 6.72. The number of rotatable bonds is 5. The van der Waals surface area contributed by atoms with Gasteiger partial charge in [0.1, 0.15) is 5.75 Å². The Bertz CT molecular complexity index is 856. The normalized spacial score (nSPS) is 11.7. The summed E-state index contributed by atoms with van der Waals surface area (Å²) in [5.74, 6) is 0.210. The monoisotopic (exact) mass is 332 g/mol. The van der Waals surface area contributed by atoms with Crippen LogP contribution in [0, 0.1) is 6.92 Å². The zero-order valence-corrected chi connectivity index (χ0v) is 13.3. The standard InChI is InChI=1S/C16H16N2O4S/c1-3-4-12-10-14(9-11(2)16(12)19)18-17-13-5-7-15(8-6-13)23(20,21)22/h3,5-10,19H,1,4H2,2H3,(H,20,21,22). The fourth-order valence-electron chi connectivity index (χ4n) is 2.00. The molecule has 2 aromatic rings. The lowest BCUT2D eigenvalue weighted by Gasteiger charge is -2.06. The molecule has 0 unspecified atom stereocenters. The molecule has 0 fully saturated rings. The second-order valence-electron chi connectivity index (χ2n) is 4.93. The van der Waals surface area contributed by atoms with Crippen molar-refractivity contribution in [2.24, 2.45) is 10.2 Å². The molecule has 23 heavy (non-hydrogen) atoms. The number of nitrogens with zero attached hydrogens (tertiary/aromatic N) is 2. The number of aryl methyl sites for hydroxylation is 1. The van der Waals surface area contributed by atoms with Gasteiger partial charge in [-0.15, -0.1) is 6.58 Å². The first-order valence-corrected chi connectivity index (χ1v) is 8.18. The first-order chi connectivity index (χ1) is 10.8. The molecule has 2 aromatic carbocycles. The Labute approximate surface area is 134 Å². The third-order valence-corrected chi connectivity index (χ3v) is 4.01. The summed E-state index contributed by atoms with van der Waals surface area (Å²) in [4.78, 5) is -0.204. The van der Waals surface area contributed by atoms with Crippen LogP contribution in [0.1, 0.15) is 11.1 Å². The minimum absolute atomic E-state index is 0.204. The highest BCUT2D eigenvalue weighted by atomic mass is 32.2. The summed E-state index contributed by atoms with van der Waals surface area (Å²) in [6.07, 6.45) is 2.20. The van der Waals surface area contributed by atoms with E-state index >= 15 is 0 Å². The number of hydrogen-bond acceptors (Lipinski definition) is 5. The van der Waals surface area contributed by atoms with E-state index in [4.69, 9.17) is 4.55 Å². The number of allylic oxidation sites excluding steroid dienone is 1. The van der Waals surface area contributed by atoms with E-state index in [1.165, 1.54) is 24.3 Å². The third-order valence-electron chi connectivity index (χ3n) is 3.14. The molecule has 0 saturated heterocycles. The Morgan fingerprint density at radius 2 is 1.74 bits per heavy atom. The minimum atomic E-state index is -4.22. The molecular weight excluding hydrogens is 316 g/mol. The largest absolute Gasteiger partial charge is 0.507 e. The van der Waals surface area contributed by atoms with Crippen LogP contribution in [0.25, 0.3) is 0 Å². The van der Waals surface area contributed by atoms with Crippen molar-refractivity contribution in [1.29, 1.82) is 0 Å². The van der Waals surface area contributed by atoms with E-state index < -0.39 is 10.1 Å². The molecule has 0 bridgehead atoms. The molecule has 6 nitrogen and oxygen atoms in total. The van der Waals surface area contributed by atoms with Crippen molar-refractivity contribution in [3.8, 4) is 5.75 Å². The Morgan fingerprint density at radius 3 is 2.30 bits per heavy atom. The van der Waals surface area contributed by atoms with Crippen LogP contribution in [0.5, 0.6) is 5.75 Å². The smallest absolute Gasteiger partial charge is 0.294 e. The van der Waals surface area contributed by atoms with Gasteiger partial charge in [-0.2, -0.15) is 18.6 Å². The molecule has 0 heterocycles. The van der Waals surface area contributed by atoms with Gasteiger partial charge in [0.05, 0.1) is 16.3 Å². The van der Waals surface area contributed by atoms with E-state index in [2.05, 4.69) is 16.8 Å². The van der Waals surface area contributed by atoms with Crippen molar-refractivity contribution >= 4 is 21.5 Å². The first kappa shape index (κ1) is 16.9. The van der Waals surface area contributed by atoms with Gasteiger partial charge in [0.2, 0.25) is 0 Å². The van der Waals surface area contributed by atoms with Gasteiger partial charge in [-0.25, -0.2) is 0 Å². The molecular formula is C16H16N2O4S. The molecule has 120 valence electrons. The molecule has 0 atom stereocenters. The van der Waals surface area contributed by atoms with E-state index in [1.807, 2.05) is 0 Å². The molecule has 0 aliphatic rings. The summed E-state index contributed by atoms with van der Waals surface area (Å²) in [5, 5.41) is 18.0. The molecule has 0 aliphatic heterocycles. The highest BCUT2D eigenvalue weighted by Gasteiger charge is 2.08. The molecule has 0 spiro atoms. The number of phenolic OH excluding ortho intramolecular Hbond substituents is 1. The van der Waals surface area contributed by atoms with Gasteiger partial charge in [0.15, 0.2) is 0 Å². The third kappa shape index (κ3) is 4.24. The topological polar surface area (TPSA) is 99.3 Å². The quantitative estimate of drug-likeness (QED) is 0.489. The number of aromatic hydroxyl groups is 1. The second-order valence-corrected chi connectivity index (χ2v) is 6.35. The van der Waals surface area contributed by atoms with Crippen LogP contribution >= 0.6 is 0 Å². The molecule has 0 aromatic heterocycles. The lowest BCUT2D eigenvalue weighted by atomic mass is 10.1. The first-order valence-electron chi connectivity index (χ1n) is 6.74. The van der Waals surface area contributed by atoms with Crippen molar-refractivity contribution < 1.29 is 18.1 Å². The minimum Gasteiger partial charge on any atom is -0.507 e. The van der Waals surface area contributed by atoms with Crippen LogP contribution in [0.3, 0.4) is 0 Å². The maximum absolute atomic E-state index is 11.0. The summed E-state index contributed by atoms with van der Waals surface area (Å²) in [6.45, 7) is 5.41. The van der Waals surface area contributed by atoms with E-state index in [0.29, 0.717) is 28.9 Å². The zero-order valence-electron chi connectivity index (χ0n) is 12.5. The van der Waals surface area contributed by atoms with Gasteiger partial charge in [-0.05, 0) is 55.3 Å². The predicted octanol–water partition coefficient (Wildman–Crippen LogP) is 4.09. The van der Waals surface area contributed by atoms with Crippen LogP contribution in [-0.4, -0.2) is 18.1 Å². The van der Waals surface area contributed by atoms with E-state index in [9.17, 15) is 13.5 Å². The van der Waals surface area contributed by atoms with E-state index in [1.54, 1.807) is 25.1 Å². The average Bonchev–Trinajstić information content (AvgIpc) is 2.49. The SMILES string of the molecule is C=CCc1cc(N=Nc2ccc(S(=O)(=O)O)cc2)cc(C)c1O. The molecule has 2 rings (SSSR count). The summed E-state index contributed by atoms with van der Waals surface area (Å²) in [6, 6.07) is 8.76. The van der Waals surface area contributed by atoms with Gasteiger partial charge in [0.25, 0.3) is 10.1 Å². The molecule has 7 heteroatoms. The average molecular weight is 332 g/mol. The number of benzene rings is 2. The van der Waals surface area contributed by atoms with Crippen LogP contribution in [0.4, 0.5) is 11.4 Å². The van der Waals surface area contributed by atoms with Crippen molar-refractivity contribution in [2.75, 3.05) is 0 Å². The Hall–Kier alpha value is -2.51. The summed E-state index contributed by atoms with van der Waals surface area (Å²) in [5.41, 5.74) is 2.39. The van der Waals surface area contributed by atoms with Gasteiger partial charge in [-0.3, -0.25) is 4.55 Å².